The number of urea groups is 1. The van der Waals surface area contributed by atoms with Crippen LogP contribution in [0.4, 0.5) is 35.2 Å². The smallest absolute Gasteiger partial charge is 0.416 e. The first-order valence-electron chi connectivity index (χ1n) is 25.3. The largest absolute Gasteiger partial charge is 0.496 e. The fourth-order valence-electron chi connectivity index (χ4n) is 11.8. The minimum atomic E-state index is -4.53. The zero-order valence-electron chi connectivity index (χ0n) is 40.9. The lowest BCUT2D eigenvalue weighted by atomic mass is 9.65. The second-order valence-corrected chi connectivity index (χ2v) is 21.1. The van der Waals surface area contributed by atoms with Gasteiger partial charge in [-0.25, -0.2) is 14.8 Å². The average molecular weight is 1000 g/mol. The molecule has 1 aromatic heterocycles. The number of aromatic nitrogens is 2. The van der Waals surface area contributed by atoms with Crippen LogP contribution in [-0.2, 0) is 15.8 Å². The van der Waals surface area contributed by atoms with Gasteiger partial charge in [-0.2, -0.15) is 13.2 Å². The van der Waals surface area contributed by atoms with Crippen molar-refractivity contribution < 1.29 is 37.1 Å². The molecule has 4 N–H and O–H groups in total. The van der Waals surface area contributed by atoms with Gasteiger partial charge < -0.3 is 25.6 Å². The van der Waals surface area contributed by atoms with Crippen molar-refractivity contribution in [3.8, 4) is 5.75 Å². The van der Waals surface area contributed by atoms with Gasteiger partial charge in [0, 0.05) is 80.9 Å². The SMILES string of the molecule is COc1cc2nc(C)nc(N[C@H](C)c3cc(N)cc(C(F)(F)F)c3)c2cc1[C@H]1CC[C@H](C(=O)N2CCN(CCC3CCC4(CC3)CCN(C(=O)c3ccc(Cl)c(N5CCC(=O)NC5=O)c3)CC4)CC2)CC1. The van der Waals surface area contributed by atoms with Gasteiger partial charge in [0.25, 0.3) is 5.91 Å². The average Bonchev–Trinajstić information content (AvgIpc) is 3.35. The van der Waals surface area contributed by atoms with Crippen LogP contribution in [0.15, 0.2) is 48.5 Å². The molecule has 14 nitrogen and oxygen atoms in total. The number of nitrogens with zero attached hydrogens (tertiary/aromatic N) is 6. The Balaban J connectivity index is 0.718. The van der Waals surface area contributed by atoms with Crippen LogP contribution < -0.4 is 26.0 Å². The quantitative estimate of drug-likeness (QED) is 0.123. The highest BCUT2D eigenvalue weighted by atomic mass is 35.5. The number of hydrogen-bond donors (Lipinski definition) is 3. The summed E-state index contributed by atoms with van der Waals surface area (Å²) in [6, 6.07) is 11.5. The molecule has 9 rings (SSSR count). The second kappa shape index (κ2) is 20.8. The van der Waals surface area contributed by atoms with E-state index in [4.69, 9.17) is 22.1 Å². The van der Waals surface area contributed by atoms with Gasteiger partial charge in [-0.1, -0.05) is 11.6 Å². The van der Waals surface area contributed by atoms with Crippen molar-refractivity contribution in [1.82, 2.24) is 30.0 Å². The van der Waals surface area contributed by atoms with E-state index in [-0.39, 0.29) is 53.6 Å². The summed E-state index contributed by atoms with van der Waals surface area (Å²) in [5, 5.41) is 6.76. The number of hydrogen-bond acceptors (Lipinski definition) is 10. The number of amides is 5. The van der Waals surface area contributed by atoms with Crippen LogP contribution in [0.25, 0.3) is 10.9 Å². The lowest BCUT2D eigenvalue weighted by Gasteiger charge is -2.46. The minimum absolute atomic E-state index is 0.0266. The van der Waals surface area contributed by atoms with Crippen molar-refractivity contribution in [2.75, 3.05) is 75.4 Å². The lowest BCUT2D eigenvalue weighted by molar-refractivity contribution is -0.139. The van der Waals surface area contributed by atoms with Crippen molar-refractivity contribution in [3.63, 3.8) is 0 Å². The molecule has 3 aromatic carbocycles. The number of fused-ring (bicyclic) bond motifs is 1. The van der Waals surface area contributed by atoms with Gasteiger partial charge in [-0.05, 0) is 162 Å². The number of aryl methyl sites for hydroxylation is 1. The number of alkyl halides is 3. The Morgan fingerprint density at radius 3 is 2.30 bits per heavy atom. The van der Waals surface area contributed by atoms with Crippen LogP contribution in [0.1, 0.15) is 129 Å². The number of nitrogens with one attached hydrogen (secondary N) is 2. The maximum Gasteiger partial charge on any atom is 0.416 e. The van der Waals surface area contributed by atoms with Crippen molar-refractivity contribution >= 4 is 63.4 Å². The molecule has 4 heterocycles. The zero-order valence-corrected chi connectivity index (χ0v) is 41.6. The molecule has 3 aliphatic heterocycles. The number of ether oxygens (including phenoxy) is 1. The number of piperazine rings is 1. The van der Waals surface area contributed by atoms with Crippen LogP contribution in [0, 0.1) is 24.2 Å². The third-order valence-electron chi connectivity index (χ3n) is 16.2. The monoisotopic (exact) mass is 999 g/mol. The molecule has 2 saturated carbocycles. The fourth-order valence-corrected chi connectivity index (χ4v) is 12.1. The first-order chi connectivity index (χ1) is 34.0. The number of nitrogens with two attached hydrogens (primary N) is 1. The number of anilines is 3. The normalized spacial score (nSPS) is 21.9. The summed E-state index contributed by atoms with van der Waals surface area (Å²) in [5.41, 5.74) is 8.38. The van der Waals surface area contributed by atoms with Gasteiger partial charge in [-0.3, -0.25) is 29.5 Å². The Labute approximate surface area is 418 Å². The van der Waals surface area contributed by atoms with E-state index < -0.39 is 23.8 Å². The van der Waals surface area contributed by atoms with Gasteiger partial charge in [0.2, 0.25) is 11.8 Å². The fraction of sp³-hybridized carbons (Fsp3) is 0.547. The van der Waals surface area contributed by atoms with Gasteiger partial charge in [0.15, 0.2) is 0 Å². The summed E-state index contributed by atoms with van der Waals surface area (Å²) in [4.78, 5) is 69.0. The summed E-state index contributed by atoms with van der Waals surface area (Å²) >= 11 is 6.44. The van der Waals surface area contributed by atoms with E-state index >= 15 is 0 Å². The predicted octanol–water partition coefficient (Wildman–Crippen LogP) is 9.74. The van der Waals surface area contributed by atoms with Crippen LogP contribution >= 0.6 is 11.6 Å². The molecular weight excluding hydrogens is 935 g/mol. The third kappa shape index (κ3) is 11.2. The number of piperidine rings is 1. The Bertz CT molecular complexity index is 2650. The summed E-state index contributed by atoms with van der Waals surface area (Å²) < 4.78 is 46.8. The molecule has 5 fully saturated rings. The molecule has 0 unspecified atom stereocenters. The lowest BCUT2D eigenvalue weighted by Crippen LogP contribution is -2.51. The summed E-state index contributed by atoms with van der Waals surface area (Å²) in [5.74, 6) is 2.40. The van der Waals surface area contributed by atoms with E-state index in [9.17, 15) is 32.3 Å². The number of imide groups is 1. The van der Waals surface area contributed by atoms with Crippen LogP contribution in [-0.4, -0.2) is 108 Å². The van der Waals surface area contributed by atoms with E-state index in [0.717, 1.165) is 101 Å². The molecule has 380 valence electrons. The standard InChI is InChI=1S/C53H65ClF3N9O5/c1-32(38-26-39(53(55,56)57)29-40(58)27-38)59-48-42-30-41(46(71-3)31-44(42)60-33(2)61-48)35-4-6-36(7-5-35)49(68)65-24-22-63(23-25-65)18-12-34-10-14-52(15-11-34)16-20-64(21-17-52)50(69)37-8-9-43(54)45(28-37)66-19-13-47(67)62-51(66)70/h8-9,26-32,34-36H,4-7,10-25,58H2,1-3H3,(H,59,60,61)(H,62,67,70)/t32-,35-,36-/m1/s1. The maximum absolute atomic E-state index is 13.9. The third-order valence-corrected chi connectivity index (χ3v) is 16.5. The van der Waals surface area contributed by atoms with Crippen LogP contribution in [0.5, 0.6) is 5.75 Å². The highest BCUT2D eigenvalue weighted by Crippen LogP contribution is 2.48. The predicted molar refractivity (Wildman–Crippen MR) is 268 cm³/mol. The molecule has 5 amide bonds. The Morgan fingerprint density at radius 1 is 0.901 bits per heavy atom. The number of rotatable bonds is 11. The zero-order chi connectivity index (χ0) is 50.2. The summed E-state index contributed by atoms with van der Waals surface area (Å²) in [6.45, 7) is 9.46. The van der Waals surface area contributed by atoms with Gasteiger partial charge in [-0.15, -0.1) is 0 Å². The van der Waals surface area contributed by atoms with E-state index in [1.54, 1.807) is 45.2 Å². The minimum Gasteiger partial charge on any atom is -0.496 e. The number of nitrogen functional groups attached to an aromatic ring is 1. The molecule has 0 bridgehead atoms. The van der Waals surface area contributed by atoms with Crippen molar-refractivity contribution in [2.45, 2.75) is 109 Å². The van der Waals surface area contributed by atoms with Gasteiger partial charge in [0.05, 0.1) is 34.9 Å². The topological polar surface area (TPSA) is 166 Å². The van der Waals surface area contributed by atoms with Crippen molar-refractivity contribution in [2.24, 2.45) is 17.3 Å². The maximum atomic E-state index is 13.9. The molecule has 4 aromatic rings. The van der Waals surface area contributed by atoms with E-state index in [2.05, 4.69) is 30.4 Å². The van der Waals surface area contributed by atoms with Gasteiger partial charge >= 0.3 is 12.2 Å². The molecule has 1 spiro atoms. The highest BCUT2D eigenvalue weighted by Gasteiger charge is 2.40. The van der Waals surface area contributed by atoms with E-state index in [1.807, 2.05) is 17.0 Å². The molecule has 0 radical (unpaired) electrons. The summed E-state index contributed by atoms with van der Waals surface area (Å²) in [7, 11) is 1.64. The molecule has 5 aliphatic rings. The molecular formula is C53H65ClF3N9O5. The Hall–Kier alpha value is -5.68. The second-order valence-electron chi connectivity index (χ2n) is 20.6. The van der Waals surface area contributed by atoms with Crippen LogP contribution in [0.3, 0.4) is 0 Å². The molecule has 1 atom stereocenters. The van der Waals surface area contributed by atoms with Crippen LogP contribution in [0.2, 0.25) is 5.02 Å². The van der Waals surface area contributed by atoms with Gasteiger partial charge in [0.1, 0.15) is 17.4 Å². The Kier molecular flexibility index (Phi) is 14.7. The van der Waals surface area contributed by atoms with Crippen molar-refractivity contribution in [1.29, 1.82) is 0 Å². The van der Waals surface area contributed by atoms with E-state index in [1.165, 1.54) is 30.6 Å². The summed E-state index contributed by atoms with van der Waals surface area (Å²) in [6.07, 6.45) is 6.74. The number of likely N-dealkylation sites (tertiary alicyclic amines) is 1. The molecule has 71 heavy (non-hydrogen) atoms. The Morgan fingerprint density at radius 2 is 1.62 bits per heavy atom. The number of carbonyl (C=O) groups excluding carboxylic acids is 4. The number of halogens is 4. The molecule has 18 heteroatoms. The first-order valence-corrected chi connectivity index (χ1v) is 25.7. The molecule has 2 aliphatic carbocycles. The van der Waals surface area contributed by atoms with E-state index in [0.29, 0.717) is 63.8 Å². The number of benzene rings is 3. The first kappa shape index (κ1) is 50.3. The highest BCUT2D eigenvalue weighted by molar-refractivity contribution is 6.34. The molecule has 3 saturated heterocycles. The number of methoxy groups -OCH3 is 1. The van der Waals surface area contributed by atoms with Crippen molar-refractivity contribution in [3.05, 3.63) is 81.6 Å². The number of carbonyl (C=O) groups is 4.